The van der Waals surface area contributed by atoms with Crippen LogP contribution in [0.5, 0.6) is 0 Å². The highest BCUT2D eigenvalue weighted by Crippen LogP contribution is 2.36. The summed E-state index contributed by atoms with van der Waals surface area (Å²) in [5, 5.41) is 1.13. The first kappa shape index (κ1) is 20.2. The van der Waals surface area contributed by atoms with Gasteiger partial charge >= 0.3 is 0 Å². The Labute approximate surface area is 192 Å². The van der Waals surface area contributed by atoms with E-state index in [2.05, 4.69) is 19.1 Å². The summed E-state index contributed by atoms with van der Waals surface area (Å²) >= 11 is 8.96. The number of aromatic nitrogens is 1. The van der Waals surface area contributed by atoms with Gasteiger partial charge in [-0.15, -0.1) is 23.1 Å². The summed E-state index contributed by atoms with van der Waals surface area (Å²) in [5.74, 6) is -0.368. The van der Waals surface area contributed by atoms with Gasteiger partial charge < -0.3 is 0 Å². The molecule has 1 unspecified atom stereocenters. The lowest BCUT2D eigenvalue weighted by Crippen LogP contribution is -2.31. The highest BCUT2D eigenvalue weighted by atomic mass is 35.5. The molecule has 2 amide bonds. The van der Waals surface area contributed by atoms with Crippen LogP contribution in [0.15, 0.2) is 71.6 Å². The van der Waals surface area contributed by atoms with Crippen LogP contribution in [0.25, 0.3) is 20.8 Å². The number of halogens is 1. The minimum atomic E-state index is -0.430. The van der Waals surface area contributed by atoms with Gasteiger partial charge in [-0.1, -0.05) is 17.7 Å². The van der Waals surface area contributed by atoms with Gasteiger partial charge in [-0.25, -0.2) is 9.88 Å². The molecule has 0 bridgehead atoms. The van der Waals surface area contributed by atoms with Gasteiger partial charge in [0.1, 0.15) is 5.01 Å². The molecular weight excluding hydrogens is 448 g/mol. The summed E-state index contributed by atoms with van der Waals surface area (Å²) in [6.45, 7) is 2.07. The fourth-order valence-corrected chi connectivity index (χ4v) is 5.80. The van der Waals surface area contributed by atoms with Gasteiger partial charge in [-0.05, 0) is 73.2 Å². The molecule has 2 heterocycles. The average molecular weight is 465 g/mol. The van der Waals surface area contributed by atoms with Gasteiger partial charge in [0.05, 0.1) is 21.2 Å². The summed E-state index contributed by atoms with van der Waals surface area (Å²) in [7, 11) is 0. The molecule has 5 rings (SSSR count). The minimum Gasteiger partial charge on any atom is -0.274 e. The van der Waals surface area contributed by atoms with Gasteiger partial charge in [-0.2, -0.15) is 0 Å². The van der Waals surface area contributed by atoms with Crippen molar-refractivity contribution in [2.45, 2.75) is 23.5 Å². The molecule has 0 aliphatic carbocycles. The Bertz CT molecular complexity index is 1300. The van der Waals surface area contributed by atoms with E-state index in [4.69, 9.17) is 16.6 Å². The van der Waals surface area contributed by atoms with Gasteiger partial charge in [-0.3, -0.25) is 9.59 Å². The maximum Gasteiger partial charge on any atom is 0.247 e. The number of nitrogens with zero attached hydrogens (tertiary/aromatic N) is 2. The van der Waals surface area contributed by atoms with E-state index in [1.807, 2.05) is 42.5 Å². The Hall–Kier alpha value is -2.67. The molecule has 31 heavy (non-hydrogen) atoms. The lowest BCUT2D eigenvalue weighted by molar-refractivity contribution is -0.121. The van der Waals surface area contributed by atoms with E-state index < -0.39 is 5.25 Å². The number of thioether (sulfide) groups is 1. The number of hydrogen-bond acceptors (Lipinski definition) is 5. The Morgan fingerprint density at radius 1 is 1.03 bits per heavy atom. The third kappa shape index (κ3) is 3.99. The summed E-state index contributed by atoms with van der Waals surface area (Å²) in [4.78, 5) is 32.5. The number of carbonyl (C=O) groups is 2. The molecule has 1 aliphatic heterocycles. The van der Waals surface area contributed by atoms with Crippen molar-refractivity contribution < 1.29 is 9.59 Å². The van der Waals surface area contributed by atoms with Crippen LogP contribution in [0.1, 0.15) is 12.0 Å². The maximum absolute atomic E-state index is 12.9. The van der Waals surface area contributed by atoms with Crippen molar-refractivity contribution in [3.63, 3.8) is 0 Å². The monoisotopic (exact) mass is 464 g/mol. The molecule has 1 aliphatic rings. The van der Waals surface area contributed by atoms with Crippen LogP contribution in [-0.4, -0.2) is 22.0 Å². The normalized spacial score (nSPS) is 16.5. The van der Waals surface area contributed by atoms with Crippen molar-refractivity contribution in [1.29, 1.82) is 0 Å². The maximum atomic E-state index is 12.9. The van der Waals surface area contributed by atoms with Crippen molar-refractivity contribution in [3.05, 3.63) is 77.3 Å². The zero-order chi connectivity index (χ0) is 21.5. The fourth-order valence-electron chi connectivity index (χ4n) is 3.55. The van der Waals surface area contributed by atoms with Crippen molar-refractivity contribution >= 4 is 62.4 Å². The van der Waals surface area contributed by atoms with Crippen LogP contribution in [0.2, 0.25) is 5.02 Å². The van der Waals surface area contributed by atoms with E-state index in [9.17, 15) is 9.59 Å². The Kier molecular flexibility index (Phi) is 5.30. The number of fused-ring (bicyclic) bond motifs is 1. The molecule has 0 N–H and O–H groups in total. The first-order chi connectivity index (χ1) is 15.0. The molecule has 0 saturated carbocycles. The largest absolute Gasteiger partial charge is 0.274 e. The number of rotatable bonds is 4. The topological polar surface area (TPSA) is 50.3 Å². The van der Waals surface area contributed by atoms with E-state index in [0.717, 1.165) is 25.7 Å². The Balaban J connectivity index is 1.36. The van der Waals surface area contributed by atoms with Crippen LogP contribution < -0.4 is 4.90 Å². The van der Waals surface area contributed by atoms with Crippen molar-refractivity contribution in [1.82, 2.24) is 4.98 Å². The zero-order valence-corrected chi connectivity index (χ0v) is 18.9. The van der Waals surface area contributed by atoms with Gasteiger partial charge in [0.15, 0.2) is 0 Å². The molecule has 154 valence electrons. The van der Waals surface area contributed by atoms with Crippen LogP contribution in [0, 0.1) is 6.92 Å². The van der Waals surface area contributed by atoms with E-state index in [1.54, 1.807) is 23.5 Å². The van der Waals surface area contributed by atoms with E-state index in [0.29, 0.717) is 10.7 Å². The summed E-state index contributed by atoms with van der Waals surface area (Å²) in [5.41, 5.74) is 3.74. The smallest absolute Gasteiger partial charge is 0.247 e. The summed E-state index contributed by atoms with van der Waals surface area (Å²) < 4.78 is 1.14. The van der Waals surface area contributed by atoms with Crippen molar-refractivity contribution in [3.8, 4) is 10.6 Å². The Morgan fingerprint density at radius 2 is 1.77 bits per heavy atom. The van der Waals surface area contributed by atoms with Gasteiger partial charge in [0, 0.05) is 21.9 Å². The second-order valence-corrected chi connectivity index (χ2v) is 10.1. The number of amides is 2. The van der Waals surface area contributed by atoms with Crippen LogP contribution >= 0.6 is 34.7 Å². The molecule has 4 aromatic rings. The van der Waals surface area contributed by atoms with Gasteiger partial charge in [0.2, 0.25) is 11.8 Å². The molecule has 3 aromatic carbocycles. The van der Waals surface area contributed by atoms with Gasteiger partial charge in [0.25, 0.3) is 0 Å². The molecule has 4 nitrogen and oxygen atoms in total. The third-order valence-corrected chi connectivity index (χ3v) is 7.63. The van der Waals surface area contributed by atoms with Crippen LogP contribution in [0.4, 0.5) is 5.69 Å². The summed E-state index contributed by atoms with van der Waals surface area (Å²) in [6.07, 6.45) is 0.186. The zero-order valence-electron chi connectivity index (χ0n) is 16.5. The third-order valence-electron chi connectivity index (χ3n) is 5.11. The lowest BCUT2D eigenvalue weighted by Gasteiger charge is -2.15. The molecule has 0 spiro atoms. The first-order valence-corrected chi connectivity index (χ1v) is 11.8. The molecule has 1 aromatic heterocycles. The predicted molar refractivity (Wildman–Crippen MR) is 128 cm³/mol. The second kappa shape index (κ2) is 8.11. The fraction of sp³-hybridized carbons (Fsp3) is 0.125. The van der Waals surface area contributed by atoms with Crippen molar-refractivity contribution in [2.24, 2.45) is 0 Å². The molecule has 1 fully saturated rings. The minimum absolute atomic E-state index is 0.181. The standard InChI is InChI=1S/C24H17ClN2O2S2/c1-14-2-11-19-20(12-14)31-23(26-19)15-3-7-17(8-4-15)27-22(28)13-21(24(27)29)30-18-9-5-16(25)6-10-18/h2-12,21H,13H2,1H3. The SMILES string of the molecule is Cc1ccc2nc(-c3ccc(N4C(=O)CC(Sc5ccc(Cl)cc5)C4=O)cc3)sc2c1. The first-order valence-electron chi connectivity index (χ1n) is 9.74. The average Bonchev–Trinajstić information content (AvgIpc) is 3.30. The number of benzene rings is 3. The summed E-state index contributed by atoms with van der Waals surface area (Å²) in [6, 6.07) is 21.0. The molecule has 1 atom stereocenters. The lowest BCUT2D eigenvalue weighted by atomic mass is 10.2. The predicted octanol–water partition coefficient (Wildman–Crippen LogP) is 6.35. The molecule has 7 heteroatoms. The highest BCUT2D eigenvalue weighted by molar-refractivity contribution is 8.00. The number of anilines is 1. The molecule has 0 radical (unpaired) electrons. The Morgan fingerprint density at radius 3 is 2.52 bits per heavy atom. The molecule has 1 saturated heterocycles. The van der Waals surface area contributed by atoms with Crippen molar-refractivity contribution in [2.75, 3.05) is 4.90 Å². The quantitative estimate of drug-likeness (QED) is 0.330. The second-order valence-electron chi connectivity index (χ2n) is 7.37. The molecular formula is C24H17ClN2O2S2. The van der Waals surface area contributed by atoms with Crippen LogP contribution in [0.3, 0.4) is 0 Å². The number of aryl methyl sites for hydroxylation is 1. The van der Waals surface area contributed by atoms with E-state index in [-0.39, 0.29) is 18.2 Å². The number of hydrogen-bond donors (Lipinski definition) is 0. The number of imide groups is 1. The number of thiazole rings is 1. The number of carbonyl (C=O) groups excluding carboxylic acids is 2. The highest BCUT2D eigenvalue weighted by Gasteiger charge is 2.40. The van der Waals surface area contributed by atoms with Crippen LogP contribution in [-0.2, 0) is 9.59 Å². The van der Waals surface area contributed by atoms with E-state index >= 15 is 0 Å². The van der Waals surface area contributed by atoms with E-state index in [1.165, 1.54) is 22.2 Å².